The van der Waals surface area contributed by atoms with E-state index < -0.39 is 10.2 Å². The summed E-state index contributed by atoms with van der Waals surface area (Å²) >= 11 is 0. The van der Waals surface area contributed by atoms with Gasteiger partial charge in [-0.1, -0.05) is 26.2 Å². The maximum Gasteiger partial charge on any atom is 0.282 e. The zero-order valence-corrected chi connectivity index (χ0v) is 17.4. The molecule has 3 fully saturated rings. The molecule has 0 unspecified atom stereocenters. The van der Waals surface area contributed by atoms with Gasteiger partial charge in [0.15, 0.2) is 0 Å². The predicted octanol–water partition coefficient (Wildman–Crippen LogP) is 1.65. The van der Waals surface area contributed by atoms with E-state index in [1.54, 1.807) is 16.3 Å². The van der Waals surface area contributed by atoms with Crippen LogP contribution in [0.1, 0.15) is 58.3 Å². The third-order valence-corrected chi connectivity index (χ3v) is 8.65. The van der Waals surface area contributed by atoms with Crippen LogP contribution in [-0.4, -0.2) is 72.9 Å². The number of hydrogen-bond acceptors (Lipinski definition) is 4. The van der Waals surface area contributed by atoms with Crippen molar-refractivity contribution in [3.05, 3.63) is 0 Å². The van der Waals surface area contributed by atoms with E-state index in [0.29, 0.717) is 45.4 Å². The summed E-state index contributed by atoms with van der Waals surface area (Å²) in [5.41, 5.74) is 0. The molecule has 27 heavy (non-hydrogen) atoms. The van der Waals surface area contributed by atoms with Crippen molar-refractivity contribution in [1.82, 2.24) is 13.5 Å². The second kappa shape index (κ2) is 8.57. The van der Waals surface area contributed by atoms with E-state index in [0.717, 1.165) is 25.7 Å². The van der Waals surface area contributed by atoms with Crippen LogP contribution < -0.4 is 0 Å². The van der Waals surface area contributed by atoms with Crippen molar-refractivity contribution < 1.29 is 18.0 Å². The van der Waals surface area contributed by atoms with Crippen LogP contribution in [0.2, 0.25) is 0 Å². The molecule has 8 heteroatoms. The van der Waals surface area contributed by atoms with Gasteiger partial charge in [-0.2, -0.15) is 17.0 Å². The molecule has 2 atom stereocenters. The van der Waals surface area contributed by atoms with Gasteiger partial charge in [0.05, 0.1) is 0 Å². The zero-order valence-electron chi connectivity index (χ0n) is 16.6. The fraction of sp³-hybridized carbons (Fsp3) is 0.895. The molecule has 0 spiro atoms. The Balaban J connectivity index is 1.54. The Hall–Kier alpha value is -0.990. The minimum Gasteiger partial charge on any atom is -0.340 e. The van der Waals surface area contributed by atoms with Gasteiger partial charge >= 0.3 is 0 Å². The maximum atomic E-state index is 13.0. The zero-order chi connectivity index (χ0) is 19.6. The van der Waals surface area contributed by atoms with E-state index >= 15 is 0 Å². The highest BCUT2D eigenvalue weighted by Crippen LogP contribution is 2.29. The number of piperazine rings is 1. The number of rotatable bonds is 4. The maximum absolute atomic E-state index is 13.0. The number of Topliss-reactive ketones (excluding diaryl/α,β-unsaturated/α-hetero) is 1. The van der Waals surface area contributed by atoms with Crippen LogP contribution in [0, 0.1) is 11.8 Å². The quantitative estimate of drug-likeness (QED) is 0.720. The van der Waals surface area contributed by atoms with Crippen LogP contribution >= 0.6 is 0 Å². The van der Waals surface area contributed by atoms with E-state index in [9.17, 15) is 18.0 Å². The van der Waals surface area contributed by atoms with Crippen LogP contribution in [0.15, 0.2) is 0 Å². The molecular weight excluding hydrogens is 366 g/mol. The van der Waals surface area contributed by atoms with Gasteiger partial charge in [-0.3, -0.25) is 9.59 Å². The van der Waals surface area contributed by atoms with E-state index in [4.69, 9.17) is 0 Å². The van der Waals surface area contributed by atoms with Crippen LogP contribution in [0.4, 0.5) is 0 Å². The number of carbonyl (C=O) groups is 2. The lowest BCUT2D eigenvalue weighted by Gasteiger charge is -2.40. The lowest BCUT2D eigenvalue weighted by atomic mass is 9.81. The number of ketones is 1. The smallest absolute Gasteiger partial charge is 0.282 e. The predicted molar refractivity (Wildman–Crippen MR) is 103 cm³/mol. The van der Waals surface area contributed by atoms with Crippen molar-refractivity contribution in [2.45, 2.75) is 64.3 Å². The molecule has 1 aliphatic heterocycles. The van der Waals surface area contributed by atoms with Gasteiger partial charge in [-0.05, 0) is 25.7 Å². The van der Waals surface area contributed by atoms with E-state index in [1.807, 2.05) is 6.92 Å². The molecule has 0 aromatic carbocycles. The first-order chi connectivity index (χ1) is 12.8. The molecule has 2 aliphatic carbocycles. The minimum absolute atomic E-state index is 0.0430. The summed E-state index contributed by atoms with van der Waals surface area (Å²) in [6.07, 6.45) is 6.99. The average molecular weight is 400 g/mol. The second-order valence-electron chi connectivity index (χ2n) is 8.38. The molecule has 1 saturated heterocycles. The molecule has 7 nitrogen and oxygen atoms in total. The fourth-order valence-corrected chi connectivity index (χ4v) is 6.25. The van der Waals surface area contributed by atoms with Gasteiger partial charge in [-0.25, -0.2) is 0 Å². The normalized spacial score (nSPS) is 29.3. The van der Waals surface area contributed by atoms with Crippen molar-refractivity contribution >= 4 is 21.9 Å². The first-order valence-electron chi connectivity index (χ1n) is 10.4. The van der Waals surface area contributed by atoms with Crippen molar-refractivity contribution in [2.24, 2.45) is 11.8 Å². The Morgan fingerprint density at radius 2 is 1.67 bits per heavy atom. The highest BCUT2D eigenvalue weighted by atomic mass is 32.2. The van der Waals surface area contributed by atoms with Gasteiger partial charge in [0, 0.05) is 57.5 Å². The summed E-state index contributed by atoms with van der Waals surface area (Å²) in [5, 5.41) is 0. The summed E-state index contributed by atoms with van der Waals surface area (Å²) in [4.78, 5) is 26.3. The van der Waals surface area contributed by atoms with Crippen molar-refractivity contribution in [2.75, 3.05) is 33.2 Å². The molecule has 0 aromatic rings. The summed E-state index contributed by atoms with van der Waals surface area (Å²) in [6, 6.07) is 0.102. The van der Waals surface area contributed by atoms with Gasteiger partial charge < -0.3 is 4.90 Å². The number of nitrogens with zero attached hydrogens (tertiary/aromatic N) is 3. The highest BCUT2D eigenvalue weighted by molar-refractivity contribution is 7.86. The molecule has 0 N–H and O–H groups in total. The van der Waals surface area contributed by atoms with Crippen LogP contribution in [0.3, 0.4) is 0 Å². The molecule has 0 bridgehead atoms. The third-order valence-electron chi connectivity index (χ3n) is 6.61. The van der Waals surface area contributed by atoms with E-state index in [1.165, 1.54) is 10.7 Å². The molecule has 1 heterocycles. The fourth-order valence-electron chi connectivity index (χ4n) is 4.68. The summed E-state index contributed by atoms with van der Waals surface area (Å²) in [6.45, 7) is 3.48. The summed E-state index contributed by atoms with van der Waals surface area (Å²) in [7, 11) is -1.77. The lowest BCUT2D eigenvalue weighted by Crippen LogP contribution is -2.56. The molecular formula is C19H33N3O4S. The molecule has 0 aromatic heterocycles. The molecule has 154 valence electrons. The SMILES string of the molecule is C[C@H]1C[C@@H](C(=O)N2CCN(S(=O)(=O)N(C)C3CCCCC3)CC2)CCC1=O. The highest BCUT2D eigenvalue weighted by Gasteiger charge is 2.37. The van der Waals surface area contributed by atoms with Crippen molar-refractivity contribution in [3.8, 4) is 0 Å². The first kappa shape index (κ1) is 20.7. The Morgan fingerprint density at radius 1 is 1.04 bits per heavy atom. The first-order valence-corrected chi connectivity index (χ1v) is 11.7. The largest absolute Gasteiger partial charge is 0.340 e. The topological polar surface area (TPSA) is 78.0 Å². The Bertz CT molecular complexity index is 652. The van der Waals surface area contributed by atoms with Gasteiger partial charge in [0.25, 0.3) is 10.2 Å². The Kier molecular flexibility index (Phi) is 6.58. The minimum atomic E-state index is -3.47. The standard InChI is InChI=1S/C19H33N3O4S/c1-15-14-16(8-9-18(15)23)19(24)21-10-12-22(13-11-21)27(25,26)20(2)17-6-4-3-5-7-17/h15-17H,3-14H2,1-2H3/t15-,16-/m0/s1. The molecule has 3 rings (SSSR count). The summed E-state index contributed by atoms with van der Waals surface area (Å²) < 4.78 is 29.0. The van der Waals surface area contributed by atoms with Crippen LogP contribution in [0.25, 0.3) is 0 Å². The number of carbonyl (C=O) groups excluding carboxylic acids is 2. The Labute approximate surface area is 163 Å². The Morgan fingerprint density at radius 3 is 2.26 bits per heavy atom. The average Bonchev–Trinajstić information content (AvgIpc) is 2.69. The number of amides is 1. The van der Waals surface area contributed by atoms with Gasteiger partial charge in [-0.15, -0.1) is 0 Å². The molecule has 0 radical (unpaired) electrons. The monoisotopic (exact) mass is 399 g/mol. The molecule has 1 amide bonds. The number of hydrogen-bond donors (Lipinski definition) is 0. The van der Waals surface area contributed by atoms with E-state index in [2.05, 4.69) is 0 Å². The van der Waals surface area contributed by atoms with Gasteiger partial charge in [0.1, 0.15) is 5.78 Å². The van der Waals surface area contributed by atoms with E-state index in [-0.39, 0.29) is 29.6 Å². The molecule has 3 aliphatic rings. The van der Waals surface area contributed by atoms with Crippen molar-refractivity contribution in [1.29, 1.82) is 0 Å². The van der Waals surface area contributed by atoms with Crippen molar-refractivity contribution in [3.63, 3.8) is 0 Å². The third kappa shape index (κ3) is 4.54. The second-order valence-corrected chi connectivity index (χ2v) is 10.4. The summed E-state index contributed by atoms with van der Waals surface area (Å²) in [5.74, 6) is 0.206. The van der Waals surface area contributed by atoms with Crippen LogP contribution in [0.5, 0.6) is 0 Å². The lowest BCUT2D eigenvalue weighted by molar-refractivity contribution is -0.140. The van der Waals surface area contributed by atoms with Crippen LogP contribution in [-0.2, 0) is 19.8 Å². The molecule has 2 saturated carbocycles. The van der Waals surface area contributed by atoms with Gasteiger partial charge in [0.2, 0.25) is 5.91 Å².